The largest absolute Gasteiger partial charge is 0.756 e. The summed E-state index contributed by atoms with van der Waals surface area (Å²) in [6.07, 6.45) is 0.0419. The van der Waals surface area contributed by atoms with Gasteiger partial charge in [-0.1, -0.05) is 0 Å². The molecule has 8 heteroatoms. The summed E-state index contributed by atoms with van der Waals surface area (Å²) in [5.74, 6) is -1.01. The maximum absolute atomic E-state index is 11.8. The van der Waals surface area contributed by atoms with E-state index < -0.39 is 24.8 Å². The Kier molecular flexibility index (Phi) is 6.60. The lowest BCUT2D eigenvalue weighted by Crippen LogP contribution is -2.39. The molecule has 1 unspecified atom stereocenters. The highest BCUT2D eigenvalue weighted by molar-refractivity contribution is 7.45. The lowest BCUT2D eigenvalue weighted by Gasteiger charge is -2.37. The molecule has 0 rings (SSSR count). The van der Waals surface area contributed by atoms with Gasteiger partial charge in [0.25, 0.3) is 7.82 Å². The second-order valence-corrected chi connectivity index (χ2v) is 8.85. The predicted octanol–water partition coefficient (Wildman–Crippen LogP) is 1.47. The molecule has 0 saturated carbocycles. The molecular weight excluding hydrogens is 297 g/mol. The molecule has 0 aromatic heterocycles. The Labute approximate surface area is 127 Å². The van der Waals surface area contributed by atoms with E-state index in [0.29, 0.717) is 11.0 Å². The van der Waals surface area contributed by atoms with Gasteiger partial charge < -0.3 is 23.5 Å². The zero-order chi connectivity index (χ0) is 17.1. The fraction of sp³-hybridized carbons (Fsp3) is 0.923. The molecule has 0 aromatic rings. The van der Waals surface area contributed by atoms with E-state index in [1.807, 2.05) is 21.1 Å². The van der Waals surface area contributed by atoms with Crippen molar-refractivity contribution in [3.63, 3.8) is 0 Å². The number of carboxylic acids is 1. The van der Waals surface area contributed by atoms with E-state index in [9.17, 15) is 14.3 Å². The molecule has 0 radical (unpaired) electrons. The van der Waals surface area contributed by atoms with Gasteiger partial charge in [-0.3, -0.25) is 9.36 Å². The van der Waals surface area contributed by atoms with E-state index >= 15 is 0 Å². The molecular formula is C13H28NO6P. The predicted molar refractivity (Wildman–Crippen MR) is 77.7 cm³/mol. The number of nitrogens with zero attached hydrogens (tertiary/aromatic N) is 1. The van der Waals surface area contributed by atoms with Crippen molar-refractivity contribution in [1.29, 1.82) is 0 Å². The highest BCUT2D eigenvalue weighted by Gasteiger charge is 2.37. The summed E-state index contributed by atoms with van der Waals surface area (Å²) < 4.78 is 22.2. The van der Waals surface area contributed by atoms with Gasteiger partial charge in [0.2, 0.25) is 0 Å². The van der Waals surface area contributed by atoms with Crippen LogP contribution in [-0.4, -0.2) is 55.5 Å². The van der Waals surface area contributed by atoms with Crippen molar-refractivity contribution in [2.24, 2.45) is 5.41 Å². The Balaban J connectivity index is 4.62. The summed E-state index contributed by atoms with van der Waals surface area (Å²) in [7, 11) is 1.28. The summed E-state index contributed by atoms with van der Waals surface area (Å²) in [6, 6.07) is 0. The Morgan fingerprint density at radius 1 is 1.24 bits per heavy atom. The third-order valence-corrected chi connectivity index (χ3v) is 4.03. The van der Waals surface area contributed by atoms with Gasteiger partial charge in [-0.25, -0.2) is 0 Å². The minimum absolute atomic E-state index is 0.0165. The number of hydrogen-bond acceptors (Lipinski definition) is 5. The maximum atomic E-state index is 11.8. The monoisotopic (exact) mass is 325 g/mol. The quantitative estimate of drug-likeness (QED) is 0.509. The van der Waals surface area contributed by atoms with Gasteiger partial charge in [-0.2, -0.15) is 0 Å². The molecule has 0 saturated heterocycles. The van der Waals surface area contributed by atoms with Crippen LogP contribution in [0.5, 0.6) is 0 Å². The average molecular weight is 325 g/mol. The molecule has 0 heterocycles. The zero-order valence-electron chi connectivity index (χ0n) is 14.0. The number of quaternary nitrogens is 1. The van der Waals surface area contributed by atoms with Gasteiger partial charge in [-0.15, -0.1) is 0 Å². The van der Waals surface area contributed by atoms with E-state index in [2.05, 4.69) is 0 Å². The molecule has 0 aliphatic rings. The van der Waals surface area contributed by atoms with Crippen LogP contribution in [-0.2, 0) is 18.4 Å². The van der Waals surface area contributed by atoms with Crippen LogP contribution in [0.2, 0.25) is 0 Å². The minimum atomic E-state index is -4.47. The molecule has 0 bridgehead atoms. The lowest BCUT2D eigenvalue weighted by atomic mass is 9.82. The van der Waals surface area contributed by atoms with Crippen LogP contribution < -0.4 is 4.89 Å². The van der Waals surface area contributed by atoms with Gasteiger partial charge in [0.15, 0.2) is 0 Å². The van der Waals surface area contributed by atoms with Gasteiger partial charge in [0.05, 0.1) is 32.2 Å². The highest BCUT2D eigenvalue weighted by Crippen LogP contribution is 2.46. The van der Waals surface area contributed by atoms with Crippen LogP contribution in [0.1, 0.15) is 34.1 Å². The van der Waals surface area contributed by atoms with Crippen LogP contribution in [0.25, 0.3) is 0 Å². The molecule has 0 spiro atoms. The Hall–Kier alpha value is -0.460. The van der Waals surface area contributed by atoms with Crippen molar-refractivity contribution in [3.8, 4) is 0 Å². The number of phosphoric ester groups is 1. The highest BCUT2D eigenvalue weighted by atomic mass is 31.2. The normalized spacial score (nSPS) is 16.6. The molecule has 7 nitrogen and oxygen atoms in total. The van der Waals surface area contributed by atoms with Crippen LogP contribution >= 0.6 is 7.82 Å². The third kappa shape index (κ3) is 9.22. The summed E-state index contributed by atoms with van der Waals surface area (Å²) in [5, 5.41) is 9.10. The molecule has 21 heavy (non-hydrogen) atoms. The number of aliphatic carboxylic acids is 1. The fourth-order valence-corrected chi connectivity index (χ4v) is 2.96. The summed E-state index contributed by atoms with van der Waals surface area (Å²) >= 11 is 0. The number of likely N-dealkylation sites (N-methyl/N-ethyl adjacent to an activating group) is 1. The summed E-state index contributed by atoms with van der Waals surface area (Å²) in [4.78, 5) is 22.9. The van der Waals surface area contributed by atoms with E-state index in [4.69, 9.17) is 14.2 Å². The van der Waals surface area contributed by atoms with Crippen molar-refractivity contribution in [2.45, 2.75) is 39.7 Å². The zero-order valence-corrected chi connectivity index (χ0v) is 14.9. The summed E-state index contributed by atoms with van der Waals surface area (Å²) in [6.45, 7) is 6.64. The molecule has 0 fully saturated rings. The third-order valence-electron chi connectivity index (χ3n) is 2.82. The van der Waals surface area contributed by atoms with Crippen molar-refractivity contribution < 1.29 is 32.9 Å². The SMILES string of the molecule is CC(C)(CC(C)(C)C(=O)O)OP(=O)([O-])OCC[N+](C)(C)C. The molecule has 0 aliphatic carbocycles. The van der Waals surface area contributed by atoms with Crippen LogP contribution in [0, 0.1) is 5.41 Å². The fourth-order valence-electron chi connectivity index (χ4n) is 1.93. The van der Waals surface area contributed by atoms with Gasteiger partial charge in [0, 0.05) is 0 Å². The lowest BCUT2D eigenvalue weighted by molar-refractivity contribution is -0.870. The average Bonchev–Trinajstić information content (AvgIpc) is 2.09. The second-order valence-electron chi connectivity index (χ2n) is 7.51. The van der Waals surface area contributed by atoms with Crippen molar-refractivity contribution in [1.82, 2.24) is 0 Å². The minimum Gasteiger partial charge on any atom is -0.756 e. The molecule has 1 atom stereocenters. The Morgan fingerprint density at radius 3 is 2.10 bits per heavy atom. The van der Waals surface area contributed by atoms with Crippen LogP contribution in [0.4, 0.5) is 0 Å². The van der Waals surface area contributed by atoms with Gasteiger partial charge in [0.1, 0.15) is 13.2 Å². The van der Waals surface area contributed by atoms with Crippen molar-refractivity contribution in [3.05, 3.63) is 0 Å². The van der Waals surface area contributed by atoms with Crippen LogP contribution in [0.15, 0.2) is 0 Å². The molecule has 0 aromatic carbocycles. The van der Waals surface area contributed by atoms with Crippen molar-refractivity contribution in [2.75, 3.05) is 34.3 Å². The Bertz CT molecular complexity index is 413. The second kappa shape index (κ2) is 6.75. The van der Waals surface area contributed by atoms with E-state index in [1.54, 1.807) is 0 Å². The summed E-state index contributed by atoms with van der Waals surface area (Å²) in [5.41, 5.74) is -2.25. The number of rotatable bonds is 9. The molecule has 0 aliphatic heterocycles. The first kappa shape index (κ1) is 20.5. The van der Waals surface area contributed by atoms with Gasteiger partial charge >= 0.3 is 5.97 Å². The number of carboxylic acid groups (broad SMARTS) is 1. The first-order valence-corrected chi connectivity index (χ1v) is 8.23. The number of carbonyl (C=O) groups is 1. The molecule has 1 N–H and O–H groups in total. The number of hydrogen-bond donors (Lipinski definition) is 1. The molecule has 0 amide bonds. The topological polar surface area (TPSA) is 95.9 Å². The van der Waals surface area contributed by atoms with Crippen LogP contribution in [0.3, 0.4) is 0 Å². The smallest absolute Gasteiger partial charge is 0.309 e. The molecule has 126 valence electrons. The van der Waals surface area contributed by atoms with E-state index in [0.717, 1.165) is 0 Å². The van der Waals surface area contributed by atoms with Crippen molar-refractivity contribution >= 4 is 13.8 Å². The number of phosphoric acid groups is 1. The first-order chi connectivity index (χ1) is 9.06. The van der Waals surface area contributed by atoms with Gasteiger partial charge in [-0.05, 0) is 34.1 Å². The first-order valence-electron chi connectivity index (χ1n) is 6.77. The maximum Gasteiger partial charge on any atom is 0.309 e. The van der Waals surface area contributed by atoms with E-state index in [-0.39, 0.29) is 13.0 Å². The standard InChI is InChI=1S/C13H28NO6P/c1-12(2,11(15)16)10-13(3,4)20-21(17,18)19-9-8-14(5,6)7/h8-10H2,1-7H3,(H-,15,16,17,18). The Morgan fingerprint density at radius 2 is 1.71 bits per heavy atom. The van der Waals surface area contributed by atoms with E-state index in [1.165, 1.54) is 27.7 Å².